The second kappa shape index (κ2) is 7.97. The van der Waals surface area contributed by atoms with Gasteiger partial charge in [0, 0.05) is 38.5 Å². The van der Waals surface area contributed by atoms with Gasteiger partial charge >= 0.3 is 0 Å². The number of sulfonamides is 1. The van der Waals surface area contributed by atoms with Crippen LogP contribution in [-0.4, -0.2) is 47.6 Å². The molecule has 3 rings (SSSR count). The first-order valence-corrected chi connectivity index (χ1v) is 10.4. The highest BCUT2D eigenvalue weighted by molar-refractivity contribution is 7.89. The predicted octanol–water partition coefficient (Wildman–Crippen LogP) is 3.43. The van der Waals surface area contributed by atoms with E-state index in [-0.39, 0.29) is 17.5 Å². The molecule has 152 valence electrons. The highest BCUT2D eigenvalue weighted by Crippen LogP contribution is 2.40. The van der Waals surface area contributed by atoms with E-state index in [1.807, 2.05) is 43.3 Å². The van der Waals surface area contributed by atoms with Gasteiger partial charge in [0.05, 0.1) is 20.3 Å². The minimum absolute atomic E-state index is 0.149. The fraction of sp³-hybridized carbons (Fsp3) is 0.400. The Balaban J connectivity index is 2.03. The summed E-state index contributed by atoms with van der Waals surface area (Å²) < 4.78 is 52.9. The second-order valence-electron chi connectivity index (χ2n) is 6.90. The van der Waals surface area contributed by atoms with Crippen LogP contribution in [-0.2, 0) is 10.0 Å². The van der Waals surface area contributed by atoms with Crippen molar-refractivity contribution in [3.05, 3.63) is 47.8 Å². The van der Waals surface area contributed by atoms with E-state index < -0.39 is 20.7 Å². The maximum atomic E-state index is 14.7. The van der Waals surface area contributed by atoms with E-state index in [0.717, 1.165) is 17.3 Å². The fourth-order valence-electron chi connectivity index (χ4n) is 3.53. The molecule has 0 radical (unpaired) electrons. The van der Waals surface area contributed by atoms with Gasteiger partial charge in [-0.15, -0.1) is 0 Å². The van der Waals surface area contributed by atoms with Crippen molar-refractivity contribution < 1.29 is 22.3 Å². The summed E-state index contributed by atoms with van der Waals surface area (Å²) in [5.41, 5.74) is 1.88. The number of benzene rings is 2. The average Bonchev–Trinajstić information content (AvgIpc) is 3.18. The van der Waals surface area contributed by atoms with Gasteiger partial charge in [-0.1, -0.05) is 12.1 Å². The molecule has 6 nitrogen and oxygen atoms in total. The lowest BCUT2D eigenvalue weighted by Crippen LogP contribution is -2.31. The zero-order chi connectivity index (χ0) is 20.5. The quantitative estimate of drug-likeness (QED) is 0.733. The summed E-state index contributed by atoms with van der Waals surface area (Å²) in [6.07, 6.45) is 1.40. The zero-order valence-electron chi connectivity index (χ0n) is 16.5. The van der Waals surface area contributed by atoms with E-state index in [4.69, 9.17) is 9.47 Å². The van der Waals surface area contributed by atoms with Crippen LogP contribution in [0.3, 0.4) is 0 Å². The van der Waals surface area contributed by atoms with Crippen molar-refractivity contribution in [1.82, 2.24) is 4.31 Å². The summed E-state index contributed by atoms with van der Waals surface area (Å²) in [4.78, 5) is 1.56. The summed E-state index contributed by atoms with van der Waals surface area (Å²) in [5.74, 6) is -0.534. The molecule has 1 aliphatic heterocycles. The molecule has 0 N–H and O–H groups in total. The molecule has 1 aliphatic rings. The summed E-state index contributed by atoms with van der Waals surface area (Å²) in [6, 6.07) is 9.66. The van der Waals surface area contributed by atoms with Crippen LogP contribution in [0.25, 0.3) is 0 Å². The third-order valence-electron chi connectivity index (χ3n) is 5.00. The van der Waals surface area contributed by atoms with E-state index in [9.17, 15) is 12.8 Å². The molecule has 1 heterocycles. The Morgan fingerprint density at radius 2 is 1.79 bits per heavy atom. The minimum Gasteiger partial charge on any atom is -0.493 e. The lowest BCUT2D eigenvalue weighted by Gasteiger charge is -2.26. The third-order valence-corrected chi connectivity index (χ3v) is 6.92. The molecule has 2 aromatic rings. The Morgan fingerprint density at radius 1 is 1.11 bits per heavy atom. The van der Waals surface area contributed by atoms with Crippen molar-refractivity contribution >= 4 is 15.7 Å². The number of hydrogen-bond acceptors (Lipinski definition) is 5. The number of methoxy groups -OCH3 is 2. The molecule has 0 amide bonds. The first-order chi connectivity index (χ1) is 13.3. The van der Waals surface area contributed by atoms with E-state index in [1.165, 1.54) is 24.6 Å². The number of nitrogens with zero attached hydrogens (tertiary/aromatic N) is 2. The van der Waals surface area contributed by atoms with Crippen LogP contribution in [0.5, 0.6) is 11.5 Å². The molecular formula is C20H25FN2O4S. The molecule has 1 atom stereocenters. The minimum atomic E-state index is -4.05. The molecule has 1 saturated heterocycles. The van der Waals surface area contributed by atoms with Crippen molar-refractivity contribution in [2.45, 2.75) is 23.8 Å². The maximum Gasteiger partial charge on any atom is 0.246 e. The van der Waals surface area contributed by atoms with Gasteiger partial charge in [-0.2, -0.15) is 4.31 Å². The molecule has 0 aliphatic carbocycles. The molecule has 8 heteroatoms. The summed E-state index contributed by atoms with van der Waals surface area (Å²) in [6.45, 7) is 0.340. The molecule has 28 heavy (non-hydrogen) atoms. The van der Waals surface area contributed by atoms with Crippen molar-refractivity contribution in [1.29, 1.82) is 0 Å². The second-order valence-corrected chi connectivity index (χ2v) is 8.76. The monoisotopic (exact) mass is 408 g/mol. The molecule has 0 bridgehead atoms. The third kappa shape index (κ3) is 3.66. The van der Waals surface area contributed by atoms with Crippen LogP contribution in [0.4, 0.5) is 10.1 Å². The van der Waals surface area contributed by atoms with Crippen molar-refractivity contribution in [3.8, 4) is 11.5 Å². The predicted molar refractivity (Wildman–Crippen MR) is 106 cm³/mol. The van der Waals surface area contributed by atoms with E-state index in [2.05, 4.69) is 0 Å². The average molecular weight is 408 g/mol. The van der Waals surface area contributed by atoms with E-state index >= 15 is 0 Å². The fourth-order valence-corrected chi connectivity index (χ4v) is 5.28. The summed E-state index contributed by atoms with van der Waals surface area (Å²) in [5, 5.41) is 0. The van der Waals surface area contributed by atoms with E-state index in [1.54, 1.807) is 0 Å². The Morgan fingerprint density at radius 3 is 2.43 bits per heavy atom. The Hall–Kier alpha value is -2.32. The van der Waals surface area contributed by atoms with E-state index in [0.29, 0.717) is 19.4 Å². The van der Waals surface area contributed by atoms with Crippen LogP contribution in [0.2, 0.25) is 0 Å². The summed E-state index contributed by atoms with van der Waals surface area (Å²) in [7, 11) is 2.58. The van der Waals surface area contributed by atoms with Crippen LogP contribution in [0, 0.1) is 5.82 Å². The Bertz CT molecular complexity index is 963. The Kier molecular flexibility index (Phi) is 5.81. The first-order valence-electron chi connectivity index (χ1n) is 9.00. The lowest BCUT2D eigenvalue weighted by atomic mass is 10.0. The molecule has 0 saturated carbocycles. The number of ether oxygens (including phenoxy) is 2. The topological polar surface area (TPSA) is 59.1 Å². The van der Waals surface area contributed by atoms with Gasteiger partial charge in [0.1, 0.15) is 10.7 Å². The van der Waals surface area contributed by atoms with Crippen molar-refractivity contribution in [2.75, 3.05) is 39.8 Å². The number of anilines is 1. The smallest absolute Gasteiger partial charge is 0.246 e. The van der Waals surface area contributed by atoms with Crippen LogP contribution in [0.15, 0.2) is 41.3 Å². The highest BCUT2D eigenvalue weighted by Gasteiger charge is 2.38. The van der Waals surface area contributed by atoms with Gasteiger partial charge in [-0.25, -0.2) is 12.8 Å². The normalized spacial score (nSPS) is 17.5. The largest absolute Gasteiger partial charge is 0.493 e. The molecule has 1 fully saturated rings. The Labute approximate surface area is 165 Å². The van der Waals surface area contributed by atoms with Gasteiger partial charge in [-0.05, 0) is 30.5 Å². The molecule has 0 aromatic heterocycles. The molecule has 1 unspecified atom stereocenters. The van der Waals surface area contributed by atoms with Gasteiger partial charge in [0.2, 0.25) is 10.0 Å². The number of hydrogen-bond donors (Lipinski definition) is 0. The standard InChI is InChI=1S/C20H25FN2O4S/c1-22(2)15-8-5-7-14(11-15)17-9-6-10-23(17)28(24,25)20-13-19(27-4)18(26-3)12-16(20)21/h5,7-8,11-13,17H,6,9-10H2,1-4H3. The van der Waals surface area contributed by atoms with Gasteiger partial charge in [0.25, 0.3) is 0 Å². The number of rotatable bonds is 6. The zero-order valence-corrected chi connectivity index (χ0v) is 17.3. The SMILES string of the molecule is COc1cc(F)c(S(=O)(=O)N2CCCC2c2cccc(N(C)C)c2)cc1OC. The van der Waals surface area contributed by atoms with Crippen LogP contribution >= 0.6 is 0 Å². The maximum absolute atomic E-state index is 14.7. The highest BCUT2D eigenvalue weighted by atomic mass is 32.2. The molecule has 2 aromatic carbocycles. The first kappa shape index (κ1) is 20.4. The summed E-state index contributed by atoms with van der Waals surface area (Å²) >= 11 is 0. The molecular weight excluding hydrogens is 383 g/mol. The van der Waals surface area contributed by atoms with Crippen molar-refractivity contribution in [2.24, 2.45) is 0 Å². The number of halogens is 1. The van der Waals surface area contributed by atoms with Crippen LogP contribution < -0.4 is 14.4 Å². The lowest BCUT2D eigenvalue weighted by molar-refractivity contribution is 0.348. The molecule has 0 spiro atoms. The van der Waals surface area contributed by atoms with Gasteiger partial charge in [-0.3, -0.25) is 0 Å². The van der Waals surface area contributed by atoms with Gasteiger partial charge < -0.3 is 14.4 Å². The van der Waals surface area contributed by atoms with Gasteiger partial charge in [0.15, 0.2) is 11.5 Å². The van der Waals surface area contributed by atoms with Crippen molar-refractivity contribution in [3.63, 3.8) is 0 Å². The van der Waals surface area contributed by atoms with Crippen LogP contribution in [0.1, 0.15) is 24.4 Å².